The van der Waals surface area contributed by atoms with E-state index in [0.29, 0.717) is 19.4 Å². The number of aliphatic carboxylic acids is 1. The van der Waals surface area contributed by atoms with Crippen LogP contribution in [0.3, 0.4) is 0 Å². The predicted molar refractivity (Wildman–Crippen MR) is 99.6 cm³/mol. The van der Waals surface area contributed by atoms with E-state index in [2.05, 4.69) is 5.32 Å². The zero-order valence-electron chi connectivity index (χ0n) is 14.9. The summed E-state index contributed by atoms with van der Waals surface area (Å²) in [4.78, 5) is 23.3. The SMILES string of the molecule is CC(OCc1ccccc1)C(=O)NC(CCC(=O)O)Cc1ccccc1. The van der Waals surface area contributed by atoms with Gasteiger partial charge in [-0.2, -0.15) is 0 Å². The quantitative estimate of drug-likeness (QED) is 0.686. The Balaban J connectivity index is 1.89. The standard InChI is InChI=1S/C21H25NO4/c1-16(26-15-18-10-6-3-7-11-18)21(25)22-19(12-13-20(23)24)14-17-8-4-2-5-9-17/h2-11,16,19H,12-15H2,1H3,(H,22,25)(H,23,24). The van der Waals surface area contributed by atoms with Crippen LogP contribution in [0.25, 0.3) is 0 Å². The summed E-state index contributed by atoms with van der Waals surface area (Å²) in [5, 5.41) is 11.9. The van der Waals surface area contributed by atoms with E-state index in [4.69, 9.17) is 9.84 Å². The van der Waals surface area contributed by atoms with Crippen LogP contribution in [0.15, 0.2) is 60.7 Å². The van der Waals surface area contributed by atoms with Gasteiger partial charge in [-0.25, -0.2) is 0 Å². The Morgan fingerprint density at radius 3 is 2.15 bits per heavy atom. The summed E-state index contributed by atoms with van der Waals surface area (Å²) in [6, 6.07) is 19.1. The van der Waals surface area contributed by atoms with Crippen molar-refractivity contribution in [3.8, 4) is 0 Å². The van der Waals surface area contributed by atoms with Gasteiger partial charge in [-0.05, 0) is 30.9 Å². The number of hydrogen-bond donors (Lipinski definition) is 2. The highest BCUT2D eigenvalue weighted by atomic mass is 16.5. The van der Waals surface area contributed by atoms with Crippen LogP contribution >= 0.6 is 0 Å². The minimum absolute atomic E-state index is 0.0109. The number of carbonyl (C=O) groups is 2. The van der Waals surface area contributed by atoms with Crippen LogP contribution in [0.5, 0.6) is 0 Å². The smallest absolute Gasteiger partial charge is 0.303 e. The van der Waals surface area contributed by atoms with Crippen molar-refractivity contribution in [2.24, 2.45) is 0 Å². The Morgan fingerprint density at radius 2 is 1.58 bits per heavy atom. The molecule has 2 rings (SSSR count). The number of ether oxygens (including phenoxy) is 1. The minimum atomic E-state index is -0.870. The Labute approximate surface area is 154 Å². The molecule has 26 heavy (non-hydrogen) atoms. The van der Waals surface area contributed by atoms with Gasteiger partial charge in [0.15, 0.2) is 0 Å². The fraction of sp³-hybridized carbons (Fsp3) is 0.333. The van der Waals surface area contributed by atoms with E-state index >= 15 is 0 Å². The van der Waals surface area contributed by atoms with E-state index in [0.717, 1.165) is 11.1 Å². The van der Waals surface area contributed by atoms with Gasteiger partial charge < -0.3 is 15.2 Å². The summed E-state index contributed by atoms with van der Waals surface area (Å²) in [6.45, 7) is 2.06. The number of amides is 1. The maximum atomic E-state index is 12.4. The number of nitrogens with one attached hydrogen (secondary N) is 1. The first-order valence-corrected chi connectivity index (χ1v) is 8.76. The van der Waals surface area contributed by atoms with Crippen molar-refractivity contribution in [2.75, 3.05) is 0 Å². The van der Waals surface area contributed by atoms with E-state index < -0.39 is 12.1 Å². The molecule has 1 amide bonds. The van der Waals surface area contributed by atoms with E-state index in [1.807, 2.05) is 60.7 Å². The highest BCUT2D eigenvalue weighted by Gasteiger charge is 2.19. The molecular formula is C21H25NO4. The van der Waals surface area contributed by atoms with Crippen LogP contribution in [-0.2, 0) is 27.4 Å². The molecule has 2 atom stereocenters. The molecule has 0 fully saturated rings. The molecule has 0 spiro atoms. The number of carbonyl (C=O) groups excluding carboxylic acids is 1. The lowest BCUT2D eigenvalue weighted by Crippen LogP contribution is -2.42. The normalized spacial score (nSPS) is 13.0. The fourth-order valence-corrected chi connectivity index (χ4v) is 2.61. The number of benzene rings is 2. The van der Waals surface area contributed by atoms with Crippen LogP contribution in [-0.4, -0.2) is 29.1 Å². The molecule has 0 bridgehead atoms. The first-order valence-electron chi connectivity index (χ1n) is 8.76. The highest BCUT2D eigenvalue weighted by molar-refractivity contribution is 5.80. The third-order valence-corrected chi connectivity index (χ3v) is 4.09. The molecule has 0 aliphatic rings. The van der Waals surface area contributed by atoms with Crippen LogP contribution in [0, 0.1) is 0 Å². The summed E-state index contributed by atoms with van der Waals surface area (Å²) in [6.07, 6.45) is 0.363. The van der Waals surface area contributed by atoms with E-state index in [1.54, 1.807) is 6.92 Å². The van der Waals surface area contributed by atoms with Gasteiger partial charge in [-0.1, -0.05) is 60.7 Å². The molecule has 0 aromatic heterocycles. The Kier molecular flexibility index (Phi) is 7.83. The van der Waals surface area contributed by atoms with Crippen LogP contribution in [0.4, 0.5) is 0 Å². The lowest BCUT2D eigenvalue weighted by molar-refractivity contribution is -0.138. The van der Waals surface area contributed by atoms with Gasteiger partial charge in [0, 0.05) is 12.5 Å². The Hall–Kier alpha value is -2.66. The first kappa shape index (κ1) is 19.7. The van der Waals surface area contributed by atoms with Gasteiger partial charge in [0.05, 0.1) is 6.61 Å². The lowest BCUT2D eigenvalue weighted by Gasteiger charge is -2.21. The fourth-order valence-electron chi connectivity index (χ4n) is 2.61. The second-order valence-corrected chi connectivity index (χ2v) is 6.27. The number of rotatable bonds is 10. The minimum Gasteiger partial charge on any atom is -0.481 e. The summed E-state index contributed by atoms with van der Waals surface area (Å²) < 4.78 is 5.64. The van der Waals surface area contributed by atoms with Crippen molar-refractivity contribution >= 4 is 11.9 Å². The first-order chi connectivity index (χ1) is 12.5. The molecule has 0 aliphatic carbocycles. The van der Waals surface area contributed by atoms with Gasteiger partial charge in [0.2, 0.25) is 5.91 Å². The molecule has 2 aromatic rings. The molecule has 0 saturated heterocycles. The molecule has 138 valence electrons. The monoisotopic (exact) mass is 355 g/mol. The molecule has 0 heterocycles. The Bertz CT molecular complexity index is 688. The molecule has 0 saturated carbocycles. The van der Waals surface area contributed by atoms with Crippen molar-refractivity contribution in [1.29, 1.82) is 0 Å². The van der Waals surface area contributed by atoms with Crippen LogP contribution in [0.2, 0.25) is 0 Å². The molecule has 5 heteroatoms. The molecule has 2 unspecified atom stereocenters. The number of hydrogen-bond acceptors (Lipinski definition) is 3. The molecule has 2 N–H and O–H groups in total. The summed E-state index contributed by atoms with van der Waals surface area (Å²) in [7, 11) is 0. The predicted octanol–water partition coefficient (Wildman–Crippen LogP) is 3.18. The van der Waals surface area contributed by atoms with Gasteiger partial charge in [-0.3, -0.25) is 9.59 Å². The maximum absolute atomic E-state index is 12.4. The zero-order chi connectivity index (χ0) is 18.8. The highest BCUT2D eigenvalue weighted by Crippen LogP contribution is 2.09. The van der Waals surface area contributed by atoms with E-state index in [1.165, 1.54) is 0 Å². The third-order valence-electron chi connectivity index (χ3n) is 4.09. The molecule has 2 aromatic carbocycles. The molecule has 0 radical (unpaired) electrons. The van der Waals surface area contributed by atoms with Gasteiger partial charge >= 0.3 is 5.97 Å². The van der Waals surface area contributed by atoms with Crippen LogP contribution in [0.1, 0.15) is 30.9 Å². The number of carboxylic acids is 1. The largest absolute Gasteiger partial charge is 0.481 e. The van der Waals surface area contributed by atoms with Crippen LogP contribution < -0.4 is 5.32 Å². The summed E-state index contributed by atoms with van der Waals surface area (Å²) in [5.41, 5.74) is 2.06. The van der Waals surface area contributed by atoms with Crippen molar-refractivity contribution in [3.63, 3.8) is 0 Å². The topological polar surface area (TPSA) is 75.6 Å². The average molecular weight is 355 g/mol. The second-order valence-electron chi connectivity index (χ2n) is 6.27. The molecule has 5 nitrogen and oxygen atoms in total. The Morgan fingerprint density at radius 1 is 1.00 bits per heavy atom. The number of carboxylic acid groups (broad SMARTS) is 1. The summed E-state index contributed by atoms with van der Waals surface area (Å²) in [5.74, 6) is -1.10. The van der Waals surface area contributed by atoms with Crippen molar-refractivity contribution in [2.45, 2.75) is 44.9 Å². The average Bonchev–Trinajstić information content (AvgIpc) is 2.65. The van der Waals surface area contributed by atoms with Crippen molar-refractivity contribution in [3.05, 3.63) is 71.8 Å². The van der Waals surface area contributed by atoms with Crippen molar-refractivity contribution in [1.82, 2.24) is 5.32 Å². The summed E-state index contributed by atoms with van der Waals surface area (Å²) >= 11 is 0. The molecule has 0 aliphatic heterocycles. The van der Waals surface area contributed by atoms with Gasteiger partial charge in [0.1, 0.15) is 6.10 Å². The van der Waals surface area contributed by atoms with Crippen molar-refractivity contribution < 1.29 is 19.4 Å². The van der Waals surface area contributed by atoms with E-state index in [9.17, 15) is 9.59 Å². The maximum Gasteiger partial charge on any atom is 0.303 e. The second kappa shape index (κ2) is 10.4. The lowest BCUT2D eigenvalue weighted by atomic mass is 10.0. The van der Waals surface area contributed by atoms with Gasteiger partial charge in [0.25, 0.3) is 0 Å². The third kappa shape index (κ3) is 7.07. The zero-order valence-corrected chi connectivity index (χ0v) is 14.9. The van der Waals surface area contributed by atoms with Gasteiger partial charge in [-0.15, -0.1) is 0 Å². The van der Waals surface area contributed by atoms with E-state index in [-0.39, 0.29) is 18.4 Å². The molecular weight excluding hydrogens is 330 g/mol.